The fraction of sp³-hybridized carbons (Fsp3) is 0.500. The zero-order valence-corrected chi connectivity index (χ0v) is 14.9. The van der Waals surface area contributed by atoms with E-state index in [0.717, 1.165) is 0 Å². The van der Waals surface area contributed by atoms with Crippen LogP contribution in [0.5, 0.6) is 0 Å². The first-order valence-electron chi connectivity index (χ1n) is 8.46. The van der Waals surface area contributed by atoms with Gasteiger partial charge in [0.25, 0.3) is 0 Å². The second kappa shape index (κ2) is 8.50. The van der Waals surface area contributed by atoms with E-state index >= 15 is 0 Å². The second-order valence-corrected chi connectivity index (χ2v) is 6.39. The summed E-state index contributed by atoms with van der Waals surface area (Å²) in [5, 5.41) is 5.67. The van der Waals surface area contributed by atoms with E-state index in [-0.39, 0.29) is 23.9 Å². The van der Waals surface area contributed by atoms with Crippen molar-refractivity contribution < 1.29 is 19.1 Å². The number of hydrogen-bond donors (Lipinski definition) is 2. The lowest BCUT2D eigenvalue weighted by Crippen LogP contribution is -2.47. The SMILES string of the molecule is COC(=O)c1ccccc1NC(=O)C1CCN(C(=O)NC(C)C)CC1. The molecule has 0 aromatic heterocycles. The maximum absolute atomic E-state index is 12.5. The Morgan fingerprint density at radius 1 is 1.16 bits per heavy atom. The van der Waals surface area contributed by atoms with Crippen molar-refractivity contribution in [2.24, 2.45) is 5.92 Å². The summed E-state index contributed by atoms with van der Waals surface area (Å²) >= 11 is 0. The van der Waals surface area contributed by atoms with E-state index < -0.39 is 5.97 Å². The van der Waals surface area contributed by atoms with E-state index in [0.29, 0.717) is 37.2 Å². The number of ether oxygens (including phenoxy) is 1. The van der Waals surface area contributed by atoms with Crippen molar-refractivity contribution in [3.05, 3.63) is 29.8 Å². The highest BCUT2D eigenvalue weighted by Gasteiger charge is 2.28. The van der Waals surface area contributed by atoms with Gasteiger partial charge < -0.3 is 20.3 Å². The monoisotopic (exact) mass is 347 g/mol. The highest BCUT2D eigenvalue weighted by molar-refractivity contribution is 6.01. The number of carbonyl (C=O) groups is 3. The van der Waals surface area contributed by atoms with Gasteiger partial charge in [0.1, 0.15) is 0 Å². The number of nitrogens with zero attached hydrogens (tertiary/aromatic N) is 1. The minimum atomic E-state index is -0.490. The molecular formula is C18H25N3O4. The average Bonchev–Trinajstić information content (AvgIpc) is 2.61. The number of urea groups is 1. The number of benzene rings is 1. The number of para-hydroxylation sites is 1. The molecule has 0 atom stereocenters. The number of esters is 1. The number of anilines is 1. The molecule has 1 aromatic rings. The Morgan fingerprint density at radius 3 is 2.40 bits per heavy atom. The van der Waals surface area contributed by atoms with Crippen LogP contribution in [-0.4, -0.2) is 49.0 Å². The Morgan fingerprint density at radius 2 is 1.80 bits per heavy atom. The molecule has 136 valence electrons. The largest absolute Gasteiger partial charge is 0.465 e. The summed E-state index contributed by atoms with van der Waals surface area (Å²) in [5.74, 6) is -0.815. The van der Waals surface area contributed by atoms with Crippen molar-refractivity contribution in [1.29, 1.82) is 0 Å². The highest BCUT2D eigenvalue weighted by Crippen LogP contribution is 2.22. The van der Waals surface area contributed by atoms with Gasteiger partial charge in [-0.15, -0.1) is 0 Å². The van der Waals surface area contributed by atoms with Gasteiger partial charge in [-0.1, -0.05) is 12.1 Å². The lowest BCUT2D eigenvalue weighted by atomic mass is 9.96. The summed E-state index contributed by atoms with van der Waals surface area (Å²) in [6.45, 7) is 4.90. The molecule has 0 spiro atoms. The van der Waals surface area contributed by atoms with E-state index in [1.54, 1.807) is 29.2 Å². The Labute approximate surface area is 147 Å². The molecule has 1 aliphatic heterocycles. The molecule has 1 fully saturated rings. The van der Waals surface area contributed by atoms with Gasteiger partial charge in [0, 0.05) is 25.0 Å². The smallest absolute Gasteiger partial charge is 0.339 e. The number of methoxy groups -OCH3 is 1. The molecule has 0 aliphatic carbocycles. The molecule has 1 heterocycles. The van der Waals surface area contributed by atoms with Crippen molar-refractivity contribution in [2.75, 3.05) is 25.5 Å². The van der Waals surface area contributed by atoms with Gasteiger partial charge in [0.05, 0.1) is 18.4 Å². The third-order valence-electron chi connectivity index (χ3n) is 4.16. The summed E-state index contributed by atoms with van der Waals surface area (Å²) in [6.07, 6.45) is 1.19. The fourth-order valence-electron chi connectivity index (χ4n) is 2.80. The molecule has 7 nitrogen and oxygen atoms in total. The number of carbonyl (C=O) groups excluding carboxylic acids is 3. The van der Waals surface area contributed by atoms with Gasteiger partial charge in [-0.3, -0.25) is 4.79 Å². The molecule has 2 rings (SSSR count). The first-order chi connectivity index (χ1) is 11.9. The molecule has 1 aromatic carbocycles. The van der Waals surface area contributed by atoms with Crippen molar-refractivity contribution in [3.8, 4) is 0 Å². The molecule has 3 amide bonds. The van der Waals surface area contributed by atoms with Crippen molar-refractivity contribution in [3.63, 3.8) is 0 Å². The van der Waals surface area contributed by atoms with E-state index in [9.17, 15) is 14.4 Å². The van der Waals surface area contributed by atoms with Gasteiger partial charge in [0.2, 0.25) is 5.91 Å². The fourth-order valence-corrected chi connectivity index (χ4v) is 2.80. The normalized spacial score (nSPS) is 15.0. The molecular weight excluding hydrogens is 322 g/mol. The minimum absolute atomic E-state index is 0.0864. The van der Waals surface area contributed by atoms with Crippen molar-refractivity contribution >= 4 is 23.6 Å². The van der Waals surface area contributed by atoms with Gasteiger partial charge in [0.15, 0.2) is 0 Å². The summed E-state index contributed by atoms with van der Waals surface area (Å²) in [5.41, 5.74) is 0.770. The predicted molar refractivity (Wildman–Crippen MR) is 94.4 cm³/mol. The number of amides is 3. The third-order valence-corrected chi connectivity index (χ3v) is 4.16. The van der Waals surface area contributed by atoms with E-state index in [1.165, 1.54) is 7.11 Å². The molecule has 0 bridgehead atoms. The van der Waals surface area contributed by atoms with Crippen LogP contribution in [-0.2, 0) is 9.53 Å². The number of rotatable bonds is 4. The van der Waals surface area contributed by atoms with Crippen LogP contribution in [0.1, 0.15) is 37.0 Å². The number of likely N-dealkylation sites (tertiary alicyclic amines) is 1. The van der Waals surface area contributed by atoms with E-state index in [4.69, 9.17) is 4.74 Å². The van der Waals surface area contributed by atoms with Crippen LogP contribution in [0, 0.1) is 5.92 Å². The van der Waals surface area contributed by atoms with Gasteiger partial charge in [-0.2, -0.15) is 0 Å². The van der Waals surface area contributed by atoms with E-state index in [1.807, 2.05) is 13.8 Å². The molecule has 0 saturated carbocycles. The summed E-state index contributed by atoms with van der Waals surface area (Å²) in [6, 6.07) is 6.75. The minimum Gasteiger partial charge on any atom is -0.465 e. The number of hydrogen-bond acceptors (Lipinski definition) is 4. The van der Waals surface area contributed by atoms with E-state index in [2.05, 4.69) is 10.6 Å². The van der Waals surface area contributed by atoms with Gasteiger partial charge in [-0.25, -0.2) is 9.59 Å². The van der Waals surface area contributed by atoms with Crippen LogP contribution in [0.25, 0.3) is 0 Å². The van der Waals surface area contributed by atoms with Crippen LogP contribution >= 0.6 is 0 Å². The van der Waals surface area contributed by atoms with Crippen LogP contribution in [0.4, 0.5) is 10.5 Å². The Balaban J connectivity index is 1.94. The van der Waals surface area contributed by atoms with Gasteiger partial charge in [-0.05, 0) is 38.8 Å². The number of nitrogens with one attached hydrogen (secondary N) is 2. The Kier molecular flexibility index (Phi) is 6.38. The summed E-state index contributed by atoms with van der Waals surface area (Å²) < 4.78 is 4.73. The Bertz CT molecular complexity index is 637. The molecule has 1 aliphatic rings. The zero-order valence-electron chi connectivity index (χ0n) is 14.9. The first-order valence-corrected chi connectivity index (χ1v) is 8.46. The Hall–Kier alpha value is -2.57. The average molecular weight is 347 g/mol. The van der Waals surface area contributed by atoms with Crippen molar-refractivity contribution in [1.82, 2.24) is 10.2 Å². The van der Waals surface area contributed by atoms with Crippen LogP contribution in [0.3, 0.4) is 0 Å². The lowest BCUT2D eigenvalue weighted by Gasteiger charge is -2.32. The highest BCUT2D eigenvalue weighted by atomic mass is 16.5. The first kappa shape index (κ1) is 18.8. The predicted octanol–water partition coefficient (Wildman–Crippen LogP) is 2.24. The molecule has 2 N–H and O–H groups in total. The molecule has 7 heteroatoms. The summed E-state index contributed by atoms with van der Waals surface area (Å²) in [4.78, 5) is 38.0. The molecule has 25 heavy (non-hydrogen) atoms. The molecule has 1 saturated heterocycles. The topological polar surface area (TPSA) is 87.7 Å². The number of piperidine rings is 1. The van der Waals surface area contributed by atoms with Gasteiger partial charge >= 0.3 is 12.0 Å². The lowest BCUT2D eigenvalue weighted by molar-refractivity contribution is -0.121. The zero-order chi connectivity index (χ0) is 18.4. The van der Waals surface area contributed by atoms with Crippen LogP contribution < -0.4 is 10.6 Å². The third kappa shape index (κ3) is 4.95. The van der Waals surface area contributed by atoms with Crippen molar-refractivity contribution in [2.45, 2.75) is 32.7 Å². The quantitative estimate of drug-likeness (QED) is 0.818. The summed E-state index contributed by atoms with van der Waals surface area (Å²) in [7, 11) is 1.30. The maximum Gasteiger partial charge on any atom is 0.339 e. The standard InChI is InChI=1S/C18H25N3O4/c1-12(2)19-18(24)21-10-8-13(9-11-21)16(22)20-15-7-5-4-6-14(15)17(23)25-3/h4-7,12-13H,8-11H2,1-3H3,(H,19,24)(H,20,22). The second-order valence-electron chi connectivity index (χ2n) is 6.39. The molecule has 0 radical (unpaired) electrons. The van der Waals surface area contributed by atoms with Crippen LogP contribution in [0.2, 0.25) is 0 Å². The molecule has 0 unspecified atom stereocenters. The van der Waals surface area contributed by atoms with Crippen LogP contribution in [0.15, 0.2) is 24.3 Å². The maximum atomic E-state index is 12.5.